The number of hydrogen-bond donors (Lipinski definition) is 1. The number of hydrogen-bond acceptors (Lipinski definition) is 2. The Bertz CT molecular complexity index is 787. The Hall–Kier alpha value is -2.55. The van der Waals surface area contributed by atoms with Gasteiger partial charge >= 0.3 is 0 Å². The summed E-state index contributed by atoms with van der Waals surface area (Å²) in [6, 6.07) is 16.1. The van der Waals surface area contributed by atoms with Gasteiger partial charge in [-0.3, -0.25) is 4.79 Å². The van der Waals surface area contributed by atoms with Gasteiger partial charge in [0.15, 0.2) is 0 Å². The number of methoxy groups -OCH3 is 1. The number of aromatic nitrogens is 1. The summed E-state index contributed by atoms with van der Waals surface area (Å²) in [4.78, 5) is 15.4. The molecule has 0 fully saturated rings. The van der Waals surface area contributed by atoms with Crippen molar-refractivity contribution in [2.75, 3.05) is 7.11 Å². The first-order valence-electron chi connectivity index (χ1n) is 7.96. The maximum Gasteiger partial charge on any atom is 0.133 e. The van der Waals surface area contributed by atoms with Crippen LogP contribution in [0.3, 0.4) is 0 Å². The Morgan fingerprint density at radius 3 is 2.52 bits per heavy atom. The summed E-state index contributed by atoms with van der Waals surface area (Å²) in [5.41, 5.74) is 3.53. The number of benzene rings is 2. The van der Waals surface area contributed by atoms with Gasteiger partial charge in [-0.15, -0.1) is 0 Å². The Labute approximate surface area is 136 Å². The zero-order valence-corrected chi connectivity index (χ0v) is 13.3. The molecule has 1 heterocycles. The van der Waals surface area contributed by atoms with Crippen LogP contribution in [0.1, 0.15) is 24.0 Å². The van der Waals surface area contributed by atoms with Crippen molar-refractivity contribution in [3.63, 3.8) is 0 Å². The quantitative estimate of drug-likeness (QED) is 0.706. The van der Waals surface area contributed by atoms with Gasteiger partial charge in [0.1, 0.15) is 11.5 Å². The number of fused-ring (bicyclic) bond motifs is 1. The van der Waals surface area contributed by atoms with E-state index in [-0.39, 0.29) is 0 Å². The van der Waals surface area contributed by atoms with Crippen LogP contribution in [0.5, 0.6) is 5.75 Å². The predicted molar refractivity (Wildman–Crippen MR) is 92.9 cm³/mol. The second kappa shape index (κ2) is 7.14. The molecule has 0 saturated heterocycles. The first kappa shape index (κ1) is 15.3. The monoisotopic (exact) mass is 307 g/mol. The number of Topliss-reactive ketones (excluding diaryl/α,β-unsaturated/α-hetero) is 1. The number of nitrogens with one attached hydrogen (secondary N) is 1. The van der Waals surface area contributed by atoms with Crippen LogP contribution in [0.25, 0.3) is 10.9 Å². The minimum atomic E-state index is 0.311. The summed E-state index contributed by atoms with van der Waals surface area (Å²) in [6.45, 7) is 0. The second-order valence-corrected chi connectivity index (χ2v) is 5.75. The Kier molecular flexibility index (Phi) is 4.77. The Balaban J connectivity index is 1.51. The van der Waals surface area contributed by atoms with E-state index >= 15 is 0 Å². The molecular formula is C20H21NO2. The third-order valence-corrected chi connectivity index (χ3v) is 4.20. The molecule has 2 aromatic carbocycles. The highest BCUT2D eigenvalue weighted by atomic mass is 16.5. The molecule has 0 amide bonds. The van der Waals surface area contributed by atoms with Gasteiger partial charge in [-0.1, -0.05) is 30.3 Å². The van der Waals surface area contributed by atoms with Gasteiger partial charge < -0.3 is 9.72 Å². The molecule has 0 unspecified atom stereocenters. The van der Waals surface area contributed by atoms with E-state index in [1.54, 1.807) is 7.11 Å². The van der Waals surface area contributed by atoms with E-state index < -0.39 is 0 Å². The molecule has 0 bridgehead atoms. The van der Waals surface area contributed by atoms with Gasteiger partial charge in [0.25, 0.3) is 0 Å². The zero-order chi connectivity index (χ0) is 16.1. The first-order valence-corrected chi connectivity index (χ1v) is 7.96. The van der Waals surface area contributed by atoms with E-state index in [2.05, 4.69) is 17.1 Å². The number of carbonyl (C=O) groups excluding carboxylic acids is 1. The molecular weight excluding hydrogens is 286 g/mol. The van der Waals surface area contributed by atoms with E-state index in [0.29, 0.717) is 18.6 Å². The SMILES string of the molecule is COc1ccc(CCC(=O)CCc2c[nH]c3ccccc23)cc1. The first-order chi connectivity index (χ1) is 11.3. The maximum absolute atomic E-state index is 12.1. The number of H-pyrrole nitrogens is 1. The van der Waals surface area contributed by atoms with Crippen molar-refractivity contribution in [3.8, 4) is 5.75 Å². The fourth-order valence-corrected chi connectivity index (χ4v) is 2.81. The lowest BCUT2D eigenvalue weighted by Gasteiger charge is -2.04. The van der Waals surface area contributed by atoms with E-state index in [9.17, 15) is 4.79 Å². The van der Waals surface area contributed by atoms with Crippen molar-refractivity contribution in [2.45, 2.75) is 25.7 Å². The molecule has 0 aliphatic carbocycles. The molecule has 0 spiro atoms. The van der Waals surface area contributed by atoms with Crippen molar-refractivity contribution in [1.82, 2.24) is 4.98 Å². The largest absolute Gasteiger partial charge is 0.497 e. The number of carbonyl (C=O) groups is 1. The van der Waals surface area contributed by atoms with Crippen molar-refractivity contribution in [2.24, 2.45) is 0 Å². The molecule has 0 saturated carbocycles. The number of aryl methyl sites for hydroxylation is 2. The van der Waals surface area contributed by atoms with Crippen LogP contribution in [-0.4, -0.2) is 17.9 Å². The van der Waals surface area contributed by atoms with Crippen molar-refractivity contribution in [1.29, 1.82) is 0 Å². The minimum Gasteiger partial charge on any atom is -0.497 e. The van der Waals surface area contributed by atoms with Gasteiger partial charge in [-0.25, -0.2) is 0 Å². The minimum absolute atomic E-state index is 0.311. The van der Waals surface area contributed by atoms with Crippen LogP contribution in [0.4, 0.5) is 0 Å². The van der Waals surface area contributed by atoms with Crippen molar-refractivity contribution >= 4 is 16.7 Å². The Morgan fingerprint density at radius 2 is 1.74 bits per heavy atom. The number of ketones is 1. The molecule has 3 aromatic rings. The molecule has 1 aromatic heterocycles. The van der Waals surface area contributed by atoms with Gasteiger partial charge in [-0.2, -0.15) is 0 Å². The molecule has 0 radical (unpaired) electrons. The van der Waals surface area contributed by atoms with Crippen LogP contribution in [0.2, 0.25) is 0 Å². The van der Waals surface area contributed by atoms with E-state index in [1.807, 2.05) is 42.6 Å². The zero-order valence-electron chi connectivity index (χ0n) is 13.3. The number of rotatable bonds is 7. The van der Waals surface area contributed by atoms with Gasteiger partial charge in [-0.05, 0) is 42.2 Å². The highest BCUT2D eigenvalue weighted by Crippen LogP contribution is 2.19. The van der Waals surface area contributed by atoms with Crippen LogP contribution >= 0.6 is 0 Å². The van der Waals surface area contributed by atoms with Crippen LogP contribution in [0, 0.1) is 0 Å². The van der Waals surface area contributed by atoms with E-state index in [1.165, 1.54) is 16.5 Å². The van der Waals surface area contributed by atoms with E-state index in [0.717, 1.165) is 24.1 Å². The van der Waals surface area contributed by atoms with Crippen molar-refractivity contribution in [3.05, 3.63) is 65.9 Å². The molecule has 0 atom stereocenters. The fraction of sp³-hybridized carbons (Fsp3) is 0.250. The summed E-state index contributed by atoms with van der Waals surface area (Å²) in [5.74, 6) is 1.16. The average Bonchev–Trinajstić information content (AvgIpc) is 3.02. The maximum atomic E-state index is 12.1. The van der Waals surface area contributed by atoms with E-state index in [4.69, 9.17) is 4.74 Å². The summed E-state index contributed by atoms with van der Waals surface area (Å²) < 4.78 is 5.14. The molecule has 118 valence electrons. The van der Waals surface area contributed by atoms with Crippen LogP contribution < -0.4 is 4.74 Å². The van der Waals surface area contributed by atoms with Crippen LogP contribution in [-0.2, 0) is 17.6 Å². The fourth-order valence-electron chi connectivity index (χ4n) is 2.81. The molecule has 3 heteroatoms. The number of aromatic amines is 1. The van der Waals surface area contributed by atoms with Crippen LogP contribution in [0.15, 0.2) is 54.7 Å². The van der Waals surface area contributed by atoms with Gasteiger partial charge in [0.05, 0.1) is 7.11 Å². The second-order valence-electron chi connectivity index (χ2n) is 5.75. The lowest BCUT2D eigenvalue weighted by molar-refractivity contribution is -0.119. The lowest BCUT2D eigenvalue weighted by Crippen LogP contribution is -2.02. The third-order valence-electron chi connectivity index (χ3n) is 4.20. The highest BCUT2D eigenvalue weighted by molar-refractivity contribution is 5.84. The summed E-state index contributed by atoms with van der Waals surface area (Å²) in [5, 5.41) is 1.22. The number of ether oxygens (including phenoxy) is 1. The normalized spacial score (nSPS) is 10.8. The molecule has 3 nitrogen and oxygen atoms in total. The highest BCUT2D eigenvalue weighted by Gasteiger charge is 2.07. The molecule has 23 heavy (non-hydrogen) atoms. The summed E-state index contributed by atoms with van der Waals surface area (Å²) in [7, 11) is 1.66. The molecule has 0 aliphatic heterocycles. The molecule has 1 N–H and O–H groups in total. The van der Waals surface area contributed by atoms with Crippen molar-refractivity contribution < 1.29 is 9.53 Å². The smallest absolute Gasteiger partial charge is 0.133 e. The average molecular weight is 307 g/mol. The van der Waals surface area contributed by atoms with Gasteiger partial charge in [0.2, 0.25) is 0 Å². The summed E-state index contributed by atoms with van der Waals surface area (Å²) >= 11 is 0. The third kappa shape index (κ3) is 3.81. The molecule has 0 aliphatic rings. The molecule has 3 rings (SSSR count). The van der Waals surface area contributed by atoms with Gasteiger partial charge in [0, 0.05) is 29.9 Å². The summed E-state index contributed by atoms with van der Waals surface area (Å²) in [6.07, 6.45) is 4.79. The predicted octanol–water partition coefficient (Wildman–Crippen LogP) is 4.31. The lowest BCUT2D eigenvalue weighted by atomic mass is 10.0. The standard InChI is InChI=1S/C20H21NO2/c1-23-18-12-7-15(8-13-18)6-10-17(22)11-9-16-14-21-20-5-3-2-4-19(16)20/h2-5,7-8,12-14,21H,6,9-11H2,1H3. The Morgan fingerprint density at radius 1 is 1.00 bits per heavy atom. The number of para-hydroxylation sites is 1. The topological polar surface area (TPSA) is 42.1 Å².